The van der Waals surface area contributed by atoms with E-state index < -0.39 is 6.10 Å². The van der Waals surface area contributed by atoms with Crippen molar-refractivity contribution in [1.29, 1.82) is 0 Å². The van der Waals surface area contributed by atoms with Crippen LogP contribution in [0.2, 0.25) is 0 Å². The lowest BCUT2D eigenvalue weighted by Crippen LogP contribution is -2.42. The average molecular weight is 186 g/mol. The summed E-state index contributed by atoms with van der Waals surface area (Å²) in [5.74, 6) is -0.120. The van der Waals surface area contributed by atoms with E-state index in [1.807, 2.05) is 0 Å². The van der Waals surface area contributed by atoms with E-state index in [0.717, 1.165) is 25.9 Å². The predicted octanol–water partition coefficient (Wildman–Crippen LogP) is -0.565. The van der Waals surface area contributed by atoms with Crippen LogP contribution in [0.3, 0.4) is 0 Å². The Morgan fingerprint density at radius 3 is 2.54 bits per heavy atom. The van der Waals surface area contributed by atoms with Gasteiger partial charge in [-0.25, -0.2) is 0 Å². The Morgan fingerprint density at radius 1 is 1.54 bits per heavy atom. The van der Waals surface area contributed by atoms with Crippen LogP contribution in [-0.4, -0.2) is 49.2 Å². The van der Waals surface area contributed by atoms with Crippen LogP contribution in [0.25, 0.3) is 0 Å². The Bertz CT molecular complexity index is 176. The van der Waals surface area contributed by atoms with Crippen molar-refractivity contribution >= 4 is 5.91 Å². The molecule has 0 aromatic carbocycles. The summed E-state index contributed by atoms with van der Waals surface area (Å²) in [6, 6.07) is 0. The van der Waals surface area contributed by atoms with Crippen molar-refractivity contribution in [3.05, 3.63) is 0 Å². The monoisotopic (exact) mass is 186 g/mol. The number of rotatable bonds is 2. The van der Waals surface area contributed by atoms with Crippen molar-refractivity contribution in [2.24, 2.45) is 5.92 Å². The molecule has 0 bridgehead atoms. The number of aliphatic hydroxyl groups is 1. The van der Waals surface area contributed by atoms with Gasteiger partial charge in [-0.15, -0.1) is 0 Å². The maximum atomic E-state index is 11.1. The number of amides is 1. The van der Waals surface area contributed by atoms with Gasteiger partial charge in [0, 0.05) is 7.05 Å². The highest BCUT2D eigenvalue weighted by Crippen LogP contribution is 2.19. The number of likely N-dealkylation sites (tertiary alicyclic amines) is 1. The first kappa shape index (κ1) is 10.5. The van der Waals surface area contributed by atoms with Gasteiger partial charge in [-0.3, -0.25) is 4.79 Å². The largest absolute Gasteiger partial charge is 0.383 e. The molecule has 2 N–H and O–H groups in total. The summed E-state index contributed by atoms with van der Waals surface area (Å²) in [7, 11) is 3.61. The number of nitrogens with zero attached hydrogens (tertiary/aromatic N) is 1. The van der Waals surface area contributed by atoms with Crippen LogP contribution < -0.4 is 5.32 Å². The minimum atomic E-state index is -0.821. The SMILES string of the molecule is CNC(=O)C(O)C1CCN(C)CC1. The predicted molar refractivity (Wildman–Crippen MR) is 50.3 cm³/mol. The molecule has 76 valence electrons. The maximum absolute atomic E-state index is 11.1. The number of carbonyl (C=O) groups is 1. The van der Waals surface area contributed by atoms with E-state index in [2.05, 4.69) is 17.3 Å². The molecule has 4 heteroatoms. The van der Waals surface area contributed by atoms with Crippen molar-refractivity contribution in [2.45, 2.75) is 18.9 Å². The summed E-state index contributed by atoms with van der Waals surface area (Å²) in [6.45, 7) is 1.94. The minimum Gasteiger partial charge on any atom is -0.383 e. The molecule has 0 radical (unpaired) electrons. The van der Waals surface area contributed by atoms with Crippen molar-refractivity contribution in [3.8, 4) is 0 Å². The lowest BCUT2D eigenvalue weighted by atomic mass is 9.91. The molecule has 0 saturated carbocycles. The molecule has 1 unspecified atom stereocenters. The zero-order valence-electron chi connectivity index (χ0n) is 8.29. The molecule has 1 heterocycles. The molecule has 4 nitrogen and oxygen atoms in total. The van der Waals surface area contributed by atoms with Crippen molar-refractivity contribution in [2.75, 3.05) is 27.2 Å². The normalized spacial score (nSPS) is 22.7. The minimum absolute atomic E-state index is 0.135. The van der Waals surface area contributed by atoms with Gasteiger partial charge in [-0.2, -0.15) is 0 Å². The van der Waals surface area contributed by atoms with Crippen LogP contribution in [0.1, 0.15) is 12.8 Å². The molecule has 0 spiro atoms. The fraction of sp³-hybridized carbons (Fsp3) is 0.889. The Morgan fingerprint density at radius 2 is 2.08 bits per heavy atom. The summed E-state index contributed by atoms with van der Waals surface area (Å²) in [5.41, 5.74) is 0. The van der Waals surface area contributed by atoms with Crippen molar-refractivity contribution in [3.63, 3.8) is 0 Å². The molecule has 1 fully saturated rings. The van der Waals surface area contributed by atoms with Gasteiger partial charge in [0.1, 0.15) is 6.10 Å². The lowest BCUT2D eigenvalue weighted by Gasteiger charge is -2.31. The number of aliphatic hydroxyl groups excluding tert-OH is 1. The van der Waals surface area contributed by atoms with Gasteiger partial charge >= 0.3 is 0 Å². The van der Waals surface area contributed by atoms with Gasteiger partial charge in [-0.1, -0.05) is 0 Å². The number of likely N-dealkylation sites (N-methyl/N-ethyl adjacent to an activating group) is 1. The van der Waals surface area contributed by atoms with Crippen molar-refractivity contribution in [1.82, 2.24) is 10.2 Å². The average Bonchev–Trinajstić information content (AvgIpc) is 2.17. The van der Waals surface area contributed by atoms with Crippen LogP contribution in [0, 0.1) is 5.92 Å². The van der Waals surface area contributed by atoms with Crippen LogP contribution in [0.4, 0.5) is 0 Å². The van der Waals surface area contributed by atoms with E-state index >= 15 is 0 Å². The van der Waals surface area contributed by atoms with Gasteiger partial charge < -0.3 is 15.3 Å². The maximum Gasteiger partial charge on any atom is 0.248 e. The van der Waals surface area contributed by atoms with E-state index in [1.165, 1.54) is 0 Å². The molecular weight excluding hydrogens is 168 g/mol. The Kier molecular flexibility index (Phi) is 3.69. The number of carbonyl (C=O) groups excluding carboxylic acids is 1. The van der Waals surface area contributed by atoms with E-state index in [0.29, 0.717) is 0 Å². The van der Waals surface area contributed by atoms with Gasteiger partial charge in [0.25, 0.3) is 0 Å². The quantitative estimate of drug-likeness (QED) is 0.607. The van der Waals surface area contributed by atoms with E-state index in [4.69, 9.17) is 0 Å². The fourth-order valence-corrected chi connectivity index (χ4v) is 1.71. The molecule has 0 aliphatic carbocycles. The first-order valence-electron chi connectivity index (χ1n) is 4.73. The highest BCUT2D eigenvalue weighted by Gasteiger charge is 2.27. The van der Waals surface area contributed by atoms with Crippen LogP contribution >= 0.6 is 0 Å². The third-order valence-corrected chi connectivity index (χ3v) is 2.72. The molecule has 1 aliphatic rings. The molecule has 0 aromatic rings. The number of hydrogen-bond acceptors (Lipinski definition) is 3. The molecule has 1 saturated heterocycles. The zero-order chi connectivity index (χ0) is 9.84. The first-order chi connectivity index (χ1) is 6.15. The van der Waals surface area contributed by atoms with Gasteiger partial charge in [0.05, 0.1) is 0 Å². The zero-order valence-corrected chi connectivity index (χ0v) is 8.29. The first-order valence-corrected chi connectivity index (χ1v) is 4.73. The second-order valence-electron chi connectivity index (χ2n) is 3.70. The Hall–Kier alpha value is -0.610. The van der Waals surface area contributed by atoms with E-state index in [-0.39, 0.29) is 11.8 Å². The molecule has 1 atom stereocenters. The number of nitrogens with one attached hydrogen (secondary N) is 1. The van der Waals surface area contributed by atoms with Crippen LogP contribution in [0.15, 0.2) is 0 Å². The molecular formula is C9H18N2O2. The second kappa shape index (κ2) is 4.58. The van der Waals surface area contributed by atoms with Gasteiger partial charge in [-0.05, 0) is 38.9 Å². The Balaban J connectivity index is 2.39. The van der Waals surface area contributed by atoms with E-state index in [1.54, 1.807) is 7.05 Å². The standard InChI is InChI=1S/C9H18N2O2/c1-10-9(13)8(12)7-3-5-11(2)6-4-7/h7-8,12H,3-6H2,1-2H3,(H,10,13). The highest BCUT2D eigenvalue weighted by atomic mass is 16.3. The topological polar surface area (TPSA) is 52.6 Å². The number of piperidine rings is 1. The molecule has 1 rings (SSSR count). The molecule has 0 aromatic heterocycles. The fourth-order valence-electron chi connectivity index (χ4n) is 1.71. The molecule has 1 aliphatic heterocycles. The Labute approximate surface area is 78.9 Å². The van der Waals surface area contributed by atoms with Crippen LogP contribution in [0.5, 0.6) is 0 Å². The third kappa shape index (κ3) is 2.67. The second-order valence-corrected chi connectivity index (χ2v) is 3.70. The molecule has 1 amide bonds. The highest BCUT2D eigenvalue weighted by molar-refractivity contribution is 5.80. The van der Waals surface area contributed by atoms with E-state index in [9.17, 15) is 9.90 Å². The third-order valence-electron chi connectivity index (χ3n) is 2.72. The lowest BCUT2D eigenvalue weighted by molar-refractivity contribution is -0.132. The summed E-state index contributed by atoms with van der Waals surface area (Å²) < 4.78 is 0. The summed E-state index contributed by atoms with van der Waals surface area (Å²) in [5, 5.41) is 12.1. The van der Waals surface area contributed by atoms with Crippen LogP contribution in [-0.2, 0) is 4.79 Å². The van der Waals surface area contributed by atoms with Crippen molar-refractivity contribution < 1.29 is 9.90 Å². The summed E-state index contributed by atoms with van der Waals surface area (Å²) >= 11 is 0. The smallest absolute Gasteiger partial charge is 0.248 e. The summed E-state index contributed by atoms with van der Waals surface area (Å²) in [4.78, 5) is 13.3. The summed E-state index contributed by atoms with van der Waals surface area (Å²) in [6.07, 6.45) is 0.995. The van der Waals surface area contributed by atoms with Gasteiger partial charge in [0.15, 0.2) is 0 Å². The molecule has 13 heavy (non-hydrogen) atoms. The number of hydrogen-bond donors (Lipinski definition) is 2. The van der Waals surface area contributed by atoms with Gasteiger partial charge in [0.2, 0.25) is 5.91 Å².